The van der Waals surface area contributed by atoms with Crippen molar-refractivity contribution < 1.29 is 5.11 Å². The lowest BCUT2D eigenvalue weighted by Crippen LogP contribution is -2.50. The normalized spacial score (nSPS) is 25.2. The van der Waals surface area contributed by atoms with Crippen LogP contribution in [0.3, 0.4) is 0 Å². The van der Waals surface area contributed by atoms with Gasteiger partial charge in [0.1, 0.15) is 0 Å². The molecule has 5 heteroatoms. The standard InChI is InChI=1S/C23H34N4O/c1-17-6-7-21-20(14-17)19-4-3-5-22-23(19)27(21)13-12-26(22)16-18(28)15-25-10-8-24(2)9-11-25/h6-7,14,18,22,28H,3-5,8-13,15-16H2,1-2H3. The highest BCUT2D eigenvalue weighted by Gasteiger charge is 2.35. The van der Waals surface area contributed by atoms with Crippen LogP contribution in [-0.4, -0.2) is 83.3 Å². The molecule has 5 rings (SSSR count). The SMILES string of the molecule is Cc1ccc2c(c1)c1c3n2CCN(CC(O)CN2CCN(C)CC2)C3CCC1. The molecule has 0 radical (unpaired) electrons. The highest BCUT2D eigenvalue weighted by Crippen LogP contribution is 2.42. The quantitative estimate of drug-likeness (QED) is 0.880. The fraction of sp³-hybridized carbons (Fsp3) is 0.652. The number of rotatable bonds is 4. The van der Waals surface area contributed by atoms with Crippen molar-refractivity contribution in [3.63, 3.8) is 0 Å². The van der Waals surface area contributed by atoms with Gasteiger partial charge in [-0.05, 0) is 50.9 Å². The molecule has 0 bridgehead atoms. The number of likely N-dealkylation sites (N-methyl/N-ethyl adjacent to an activating group) is 1. The Morgan fingerprint density at radius 3 is 2.71 bits per heavy atom. The van der Waals surface area contributed by atoms with E-state index in [9.17, 15) is 5.11 Å². The van der Waals surface area contributed by atoms with E-state index in [1.807, 2.05) is 0 Å². The minimum atomic E-state index is -0.257. The fourth-order valence-electron chi connectivity index (χ4n) is 5.67. The third-order valence-electron chi connectivity index (χ3n) is 7.15. The molecule has 152 valence electrons. The lowest BCUT2D eigenvalue weighted by molar-refractivity contribution is 0.0316. The Morgan fingerprint density at radius 1 is 1.07 bits per heavy atom. The van der Waals surface area contributed by atoms with Crippen LogP contribution in [0.4, 0.5) is 0 Å². The number of benzene rings is 1. The number of hydrogen-bond acceptors (Lipinski definition) is 4. The first-order valence-corrected chi connectivity index (χ1v) is 11.0. The third-order valence-corrected chi connectivity index (χ3v) is 7.15. The zero-order valence-electron chi connectivity index (χ0n) is 17.4. The second-order valence-corrected chi connectivity index (χ2v) is 9.20. The van der Waals surface area contributed by atoms with Gasteiger partial charge in [-0.1, -0.05) is 11.6 Å². The van der Waals surface area contributed by atoms with E-state index in [1.54, 1.807) is 11.3 Å². The predicted molar refractivity (Wildman–Crippen MR) is 114 cm³/mol. The van der Waals surface area contributed by atoms with Crippen LogP contribution >= 0.6 is 0 Å². The maximum atomic E-state index is 10.8. The van der Waals surface area contributed by atoms with E-state index in [0.717, 1.165) is 52.4 Å². The van der Waals surface area contributed by atoms with Gasteiger partial charge >= 0.3 is 0 Å². The van der Waals surface area contributed by atoms with Crippen LogP contribution in [0.2, 0.25) is 0 Å². The number of nitrogens with zero attached hydrogens (tertiary/aromatic N) is 4. The van der Waals surface area contributed by atoms with Gasteiger partial charge in [0.25, 0.3) is 0 Å². The van der Waals surface area contributed by atoms with Crippen LogP contribution < -0.4 is 0 Å². The van der Waals surface area contributed by atoms with Gasteiger partial charge in [0, 0.05) is 69.0 Å². The van der Waals surface area contributed by atoms with Crippen LogP contribution in [0.15, 0.2) is 18.2 Å². The molecule has 1 saturated heterocycles. The molecule has 2 atom stereocenters. The topological polar surface area (TPSA) is 34.9 Å². The number of fused-ring (bicyclic) bond motifs is 3. The smallest absolute Gasteiger partial charge is 0.0794 e. The summed E-state index contributed by atoms with van der Waals surface area (Å²) in [5.74, 6) is 0. The molecule has 5 nitrogen and oxygen atoms in total. The minimum absolute atomic E-state index is 0.257. The van der Waals surface area contributed by atoms with E-state index in [4.69, 9.17) is 0 Å². The Balaban J connectivity index is 1.34. The highest BCUT2D eigenvalue weighted by molar-refractivity contribution is 5.87. The molecule has 1 aromatic carbocycles. The van der Waals surface area contributed by atoms with Crippen LogP contribution in [-0.2, 0) is 13.0 Å². The van der Waals surface area contributed by atoms with E-state index in [-0.39, 0.29) is 6.10 Å². The van der Waals surface area contributed by atoms with Crippen molar-refractivity contribution in [3.05, 3.63) is 35.0 Å². The molecule has 1 aromatic heterocycles. The summed E-state index contributed by atoms with van der Waals surface area (Å²) < 4.78 is 2.58. The van der Waals surface area contributed by atoms with Gasteiger partial charge in [-0.3, -0.25) is 9.80 Å². The second kappa shape index (κ2) is 7.45. The molecule has 28 heavy (non-hydrogen) atoms. The van der Waals surface area contributed by atoms with Crippen molar-refractivity contribution in [1.29, 1.82) is 0 Å². The lowest BCUT2D eigenvalue weighted by Gasteiger charge is -2.41. The Hall–Kier alpha value is -1.40. The molecule has 0 spiro atoms. The summed E-state index contributed by atoms with van der Waals surface area (Å²) in [6, 6.07) is 7.42. The summed E-state index contributed by atoms with van der Waals surface area (Å²) in [6.45, 7) is 10.3. The van der Waals surface area contributed by atoms with Gasteiger partial charge in [-0.25, -0.2) is 0 Å². The first-order chi connectivity index (χ1) is 13.6. The highest BCUT2D eigenvalue weighted by atomic mass is 16.3. The molecule has 0 saturated carbocycles. The first kappa shape index (κ1) is 18.6. The predicted octanol–water partition coefficient (Wildman–Crippen LogP) is 2.25. The summed E-state index contributed by atoms with van der Waals surface area (Å²) in [6.07, 6.45) is 3.43. The Labute approximate surface area is 168 Å². The Bertz CT molecular complexity index is 852. The molecule has 2 unspecified atom stereocenters. The average Bonchev–Trinajstić information content (AvgIpc) is 3.00. The van der Waals surface area contributed by atoms with Crippen molar-refractivity contribution in [3.8, 4) is 0 Å². The summed E-state index contributed by atoms with van der Waals surface area (Å²) in [7, 11) is 2.18. The number of aryl methyl sites for hydroxylation is 2. The van der Waals surface area contributed by atoms with Crippen molar-refractivity contribution in [2.75, 3.05) is 52.9 Å². The van der Waals surface area contributed by atoms with E-state index in [0.29, 0.717) is 6.04 Å². The van der Waals surface area contributed by atoms with E-state index < -0.39 is 0 Å². The van der Waals surface area contributed by atoms with Crippen LogP contribution in [0, 0.1) is 6.92 Å². The largest absolute Gasteiger partial charge is 0.390 e. The summed E-state index contributed by atoms with van der Waals surface area (Å²) in [4.78, 5) is 7.38. The van der Waals surface area contributed by atoms with Gasteiger partial charge < -0.3 is 14.6 Å². The maximum Gasteiger partial charge on any atom is 0.0794 e. The summed E-state index contributed by atoms with van der Waals surface area (Å²) >= 11 is 0. The molecule has 3 heterocycles. The molecule has 2 aliphatic heterocycles. The zero-order valence-corrected chi connectivity index (χ0v) is 17.4. The second-order valence-electron chi connectivity index (χ2n) is 9.20. The number of aliphatic hydroxyl groups excluding tert-OH is 1. The Morgan fingerprint density at radius 2 is 1.89 bits per heavy atom. The Kier molecular flexibility index (Phi) is 4.95. The number of aromatic nitrogens is 1. The van der Waals surface area contributed by atoms with Gasteiger partial charge in [-0.15, -0.1) is 0 Å². The van der Waals surface area contributed by atoms with Crippen molar-refractivity contribution in [2.24, 2.45) is 0 Å². The monoisotopic (exact) mass is 382 g/mol. The summed E-state index contributed by atoms with van der Waals surface area (Å²) in [5, 5.41) is 12.3. The first-order valence-electron chi connectivity index (χ1n) is 11.0. The van der Waals surface area contributed by atoms with Gasteiger partial charge in [0.2, 0.25) is 0 Å². The molecule has 1 N–H and O–H groups in total. The van der Waals surface area contributed by atoms with Gasteiger partial charge in [-0.2, -0.15) is 0 Å². The molecule has 2 aromatic rings. The molecule has 1 aliphatic carbocycles. The summed E-state index contributed by atoms with van der Waals surface area (Å²) in [5.41, 5.74) is 5.89. The minimum Gasteiger partial charge on any atom is -0.390 e. The lowest BCUT2D eigenvalue weighted by atomic mass is 9.89. The zero-order chi connectivity index (χ0) is 19.3. The number of piperazine rings is 1. The maximum absolute atomic E-state index is 10.8. The molecular weight excluding hydrogens is 348 g/mol. The average molecular weight is 383 g/mol. The van der Waals surface area contributed by atoms with E-state index in [2.05, 4.69) is 51.4 Å². The third kappa shape index (κ3) is 3.28. The molecule has 0 amide bonds. The van der Waals surface area contributed by atoms with Crippen molar-refractivity contribution in [1.82, 2.24) is 19.3 Å². The number of β-amino-alcohol motifs (C(OH)–C–C–N with tert-alkyl or cyclic N) is 1. The fourth-order valence-corrected chi connectivity index (χ4v) is 5.67. The molecule has 1 fully saturated rings. The van der Waals surface area contributed by atoms with Gasteiger partial charge in [0.15, 0.2) is 0 Å². The van der Waals surface area contributed by atoms with Crippen LogP contribution in [0.5, 0.6) is 0 Å². The number of aliphatic hydroxyl groups is 1. The van der Waals surface area contributed by atoms with E-state index in [1.165, 1.54) is 35.7 Å². The van der Waals surface area contributed by atoms with Crippen LogP contribution in [0.1, 0.15) is 35.7 Å². The van der Waals surface area contributed by atoms with E-state index >= 15 is 0 Å². The molecule has 3 aliphatic rings. The molecular formula is C23H34N4O. The van der Waals surface area contributed by atoms with Crippen molar-refractivity contribution >= 4 is 10.9 Å². The van der Waals surface area contributed by atoms with Crippen LogP contribution in [0.25, 0.3) is 10.9 Å². The van der Waals surface area contributed by atoms with Crippen molar-refractivity contribution in [2.45, 2.75) is 44.9 Å². The van der Waals surface area contributed by atoms with Gasteiger partial charge in [0.05, 0.1) is 12.1 Å². The number of hydrogen-bond donors (Lipinski definition) is 1.